The van der Waals surface area contributed by atoms with E-state index in [0.717, 1.165) is 33.7 Å². The first kappa shape index (κ1) is 17.1. The van der Waals surface area contributed by atoms with Crippen LogP contribution in [0.4, 0.5) is 17.2 Å². The highest BCUT2D eigenvalue weighted by molar-refractivity contribution is 5.97. The van der Waals surface area contributed by atoms with E-state index in [2.05, 4.69) is 76.6 Å². The summed E-state index contributed by atoms with van der Waals surface area (Å²) in [6.45, 7) is 0. The monoisotopic (exact) mass is 373 g/mol. The third-order valence-electron chi connectivity index (χ3n) is 4.96. The fourth-order valence-electron chi connectivity index (χ4n) is 3.58. The quantitative estimate of drug-likeness (QED) is 0.348. The number of rotatable bonds is 4. The van der Waals surface area contributed by atoms with E-state index in [9.17, 15) is 0 Å². The molecule has 138 valence electrons. The van der Waals surface area contributed by atoms with Crippen LogP contribution in [0.15, 0.2) is 116 Å². The summed E-state index contributed by atoms with van der Waals surface area (Å²) in [4.78, 5) is 11.4. The molecule has 0 unspecified atom stereocenters. The molecular weight excluding hydrogens is 354 g/mol. The van der Waals surface area contributed by atoms with Crippen molar-refractivity contribution in [1.82, 2.24) is 9.97 Å². The Morgan fingerprint density at radius 2 is 1.10 bits per heavy atom. The highest BCUT2D eigenvalue weighted by Crippen LogP contribution is 2.37. The minimum absolute atomic E-state index is 0.866. The average Bonchev–Trinajstić information content (AvgIpc) is 2.81. The van der Waals surface area contributed by atoms with Gasteiger partial charge in [-0.15, -0.1) is 0 Å². The summed E-state index contributed by atoms with van der Waals surface area (Å²) in [6, 6.07) is 37.4. The number of hydrogen-bond acceptors (Lipinski definition) is 3. The van der Waals surface area contributed by atoms with E-state index in [1.807, 2.05) is 42.5 Å². The molecule has 0 radical (unpaired) electrons. The predicted molar refractivity (Wildman–Crippen MR) is 120 cm³/mol. The van der Waals surface area contributed by atoms with Gasteiger partial charge in [0.1, 0.15) is 12.1 Å². The van der Waals surface area contributed by atoms with Crippen LogP contribution in [0.25, 0.3) is 22.0 Å². The number of para-hydroxylation sites is 2. The van der Waals surface area contributed by atoms with E-state index in [1.165, 1.54) is 5.56 Å². The summed E-state index contributed by atoms with van der Waals surface area (Å²) in [5.41, 5.74) is 5.37. The summed E-state index contributed by atoms with van der Waals surface area (Å²) >= 11 is 0. The first-order valence-electron chi connectivity index (χ1n) is 9.60. The van der Waals surface area contributed by atoms with E-state index >= 15 is 0 Å². The zero-order valence-corrected chi connectivity index (χ0v) is 15.8. The Hall–Kier alpha value is -3.98. The zero-order chi connectivity index (χ0) is 19.5. The molecule has 0 N–H and O–H groups in total. The second kappa shape index (κ2) is 7.56. The highest BCUT2D eigenvalue weighted by Gasteiger charge is 2.17. The number of anilines is 3. The molecule has 0 spiro atoms. The third kappa shape index (κ3) is 3.34. The van der Waals surface area contributed by atoms with Crippen LogP contribution in [-0.2, 0) is 0 Å². The SMILES string of the molecule is c1ccc(-c2ccc3ncnc(N(c4ccccc4)c4ccccc4)c3c2)cc1. The maximum absolute atomic E-state index is 4.71. The lowest BCUT2D eigenvalue weighted by Gasteiger charge is -2.25. The standard InChI is InChI=1S/C26H19N3/c1-4-10-20(11-5-1)21-16-17-25-24(18-21)26(28-19-27-25)29(22-12-6-2-7-13-22)23-14-8-3-9-15-23/h1-19H. The molecule has 29 heavy (non-hydrogen) atoms. The van der Waals surface area contributed by atoms with Crippen LogP contribution in [0.2, 0.25) is 0 Å². The molecule has 4 aromatic carbocycles. The van der Waals surface area contributed by atoms with Crippen LogP contribution >= 0.6 is 0 Å². The first-order valence-corrected chi connectivity index (χ1v) is 9.60. The molecule has 0 saturated heterocycles. The molecule has 0 fully saturated rings. The van der Waals surface area contributed by atoms with Gasteiger partial charge in [0.25, 0.3) is 0 Å². The molecule has 0 bridgehead atoms. The minimum atomic E-state index is 0.866. The lowest BCUT2D eigenvalue weighted by molar-refractivity contribution is 1.15. The van der Waals surface area contributed by atoms with Crippen molar-refractivity contribution in [2.45, 2.75) is 0 Å². The van der Waals surface area contributed by atoms with Crippen LogP contribution in [-0.4, -0.2) is 9.97 Å². The van der Waals surface area contributed by atoms with Gasteiger partial charge >= 0.3 is 0 Å². The lowest BCUT2D eigenvalue weighted by Crippen LogP contribution is -2.12. The topological polar surface area (TPSA) is 29.0 Å². The van der Waals surface area contributed by atoms with Crippen molar-refractivity contribution >= 4 is 28.1 Å². The first-order chi connectivity index (χ1) is 14.4. The average molecular weight is 373 g/mol. The normalized spacial score (nSPS) is 10.8. The van der Waals surface area contributed by atoms with Crippen molar-refractivity contribution < 1.29 is 0 Å². The van der Waals surface area contributed by atoms with Crippen molar-refractivity contribution in [3.63, 3.8) is 0 Å². The van der Waals surface area contributed by atoms with Crippen LogP contribution in [0.3, 0.4) is 0 Å². The molecule has 0 saturated carbocycles. The summed E-state index contributed by atoms with van der Waals surface area (Å²) in [7, 11) is 0. The van der Waals surface area contributed by atoms with Gasteiger partial charge in [0.15, 0.2) is 0 Å². The van der Waals surface area contributed by atoms with E-state index in [1.54, 1.807) is 6.33 Å². The van der Waals surface area contributed by atoms with Crippen molar-refractivity contribution in [2.24, 2.45) is 0 Å². The van der Waals surface area contributed by atoms with Crippen LogP contribution in [0, 0.1) is 0 Å². The van der Waals surface area contributed by atoms with Gasteiger partial charge in [-0.2, -0.15) is 0 Å². The molecule has 3 heteroatoms. The molecule has 1 heterocycles. The van der Waals surface area contributed by atoms with Gasteiger partial charge in [0.05, 0.1) is 5.52 Å². The van der Waals surface area contributed by atoms with Gasteiger partial charge in [-0.25, -0.2) is 9.97 Å². The van der Waals surface area contributed by atoms with Gasteiger partial charge in [-0.3, -0.25) is 4.90 Å². The fourth-order valence-corrected chi connectivity index (χ4v) is 3.58. The van der Waals surface area contributed by atoms with Gasteiger partial charge in [0, 0.05) is 16.8 Å². The van der Waals surface area contributed by atoms with Crippen LogP contribution in [0.1, 0.15) is 0 Å². The maximum atomic E-state index is 4.71. The number of hydrogen-bond donors (Lipinski definition) is 0. The molecule has 0 aliphatic carbocycles. The summed E-state index contributed by atoms with van der Waals surface area (Å²) in [5, 5.41) is 1.02. The molecule has 0 atom stereocenters. The van der Waals surface area contributed by atoms with Crippen molar-refractivity contribution in [3.05, 3.63) is 116 Å². The zero-order valence-electron chi connectivity index (χ0n) is 15.8. The smallest absolute Gasteiger partial charge is 0.148 e. The lowest BCUT2D eigenvalue weighted by atomic mass is 10.0. The van der Waals surface area contributed by atoms with Crippen molar-refractivity contribution in [3.8, 4) is 11.1 Å². The number of aromatic nitrogens is 2. The molecule has 5 aromatic rings. The third-order valence-corrected chi connectivity index (χ3v) is 4.96. The minimum Gasteiger partial charge on any atom is -0.294 e. The van der Waals surface area contributed by atoms with Gasteiger partial charge in [0.2, 0.25) is 0 Å². The Morgan fingerprint density at radius 3 is 1.72 bits per heavy atom. The largest absolute Gasteiger partial charge is 0.294 e. The molecule has 5 rings (SSSR count). The second-order valence-corrected chi connectivity index (χ2v) is 6.80. The Morgan fingerprint density at radius 1 is 0.517 bits per heavy atom. The Balaban J connectivity index is 1.75. The molecule has 0 aliphatic heterocycles. The molecule has 1 aromatic heterocycles. The number of nitrogens with zero attached hydrogens (tertiary/aromatic N) is 3. The number of benzene rings is 4. The number of fused-ring (bicyclic) bond motifs is 1. The Kier molecular flexibility index (Phi) is 4.47. The fraction of sp³-hybridized carbons (Fsp3) is 0. The highest BCUT2D eigenvalue weighted by atomic mass is 15.2. The van der Waals surface area contributed by atoms with Gasteiger partial charge in [-0.1, -0.05) is 72.8 Å². The Labute approximate surface area is 169 Å². The maximum Gasteiger partial charge on any atom is 0.148 e. The van der Waals surface area contributed by atoms with Gasteiger partial charge < -0.3 is 0 Å². The second-order valence-electron chi connectivity index (χ2n) is 6.80. The van der Waals surface area contributed by atoms with Crippen LogP contribution < -0.4 is 4.90 Å². The van der Waals surface area contributed by atoms with Crippen molar-refractivity contribution in [1.29, 1.82) is 0 Å². The van der Waals surface area contributed by atoms with E-state index in [4.69, 9.17) is 4.98 Å². The van der Waals surface area contributed by atoms with Crippen LogP contribution in [0.5, 0.6) is 0 Å². The van der Waals surface area contributed by atoms with E-state index in [0.29, 0.717) is 0 Å². The molecule has 0 aliphatic rings. The van der Waals surface area contributed by atoms with E-state index in [-0.39, 0.29) is 0 Å². The summed E-state index contributed by atoms with van der Waals surface area (Å²) < 4.78 is 0. The predicted octanol–water partition coefficient (Wildman–Crippen LogP) is 6.77. The summed E-state index contributed by atoms with van der Waals surface area (Å²) in [6.07, 6.45) is 1.64. The van der Waals surface area contributed by atoms with Crippen molar-refractivity contribution in [2.75, 3.05) is 4.90 Å². The molecule has 0 amide bonds. The molecular formula is C26H19N3. The van der Waals surface area contributed by atoms with Gasteiger partial charge in [-0.05, 0) is 47.5 Å². The van der Waals surface area contributed by atoms with E-state index < -0.39 is 0 Å². The Bertz CT molecular complexity index is 1200. The summed E-state index contributed by atoms with van der Waals surface area (Å²) in [5.74, 6) is 0.866. The molecule has 3 nitrogen and oxygen atoms in total.